The first-order chi connectivity index (χ1) is 13.7. The molecule has 1 amide bonds. The fourth-order valence-electron chi connectivity index (χ4n) is 4.00. The lowest BCUT2D eigenvalue weighted by atomic mass is 9.97. The molecule has 0 radical (unpaired) electrons. The Bertz CT molecular complexity index is 1000. The van der Waals surface area contributed by atoms with Crippen molar-refractivity contribution in [1.82, 2.24) is 14.9 Å². The van der Waals surface area contributed by atoms with Crippen LogP contribution in [0, 0.1) is 0 Å². The molecule has 1 unspecified atom stereocenters. The van der Waals surface area contributed by atoms with E-state index in [2.05, 4.69) is 5.32 Å². The van der Waals surface area contributed by atoms with E-state index in [0.717, 1.165) is 53.4 Å². The smallest absolute Gasteiger partial charge is 0.257 e. The van der Waals surface area contributed by atoms with Crippen LogP contribution in [-0.4, -0.2) is 28.0 Å². The van der Waals surface area contributed by atoms with Gasteiger partial charge < -0.3 is 14.8 Å². The number of nitrogens with one attached hydrogen (secondary N) is 1. The van der Waals surface area contributed by atoms with Crippen molar-refractivity contribution in [2.45, 2.75) is 49.8 Å². The van der Waals surface area contributed by atoms with Gasteiger partial charge in [-0.1, -0.05) is 17.8 Å². The summed E-state index contributed by atoms with van der Waals surface area (Å²) >= 11 is 1.57. The maximum absolute atomic E-state index is 12.9. The fraction of sp³-hybridized carbons (Fsp3) is 0.450. The van der Waals surface area contributed by atoms with Gasteiger partial charge in [0.05, 0.1) is 11.7 Å². The van der Waals surface area contributed by atoms with Crippen LogP contribution >= 0.6 is 11.8 Å². The Kier molecular flexibility index (Phi) is 4.50. The fourth-order valence-corrected chi connectivity index (χ4v) is 5.16. The molecule has 2 aromatic rings. The maximum atomic E-state index is 12.9. The molecule has 2 aliphatic heterocycles. The monoisotopic (exact) mass is 399 g/mol. The second-order valence-electron chi connectivity index (χ2n) is 7.34. The molecular weight excluding hydrogens is 378 g/mol. The average Bonchev–Trinajstić information content (AvgIpc) is 3.33. The highest BCUT2D eigenvalue weighted by atomic mass is 32.2. The van der Waals surface area contributed by atoms with Crippen LogP contribution < -0.4 is 20.3 Å². The number of carbonyl (C=O) groups excluding carboxylic acids is 1. The number of hydrogen-bond acceptors (Lipinski definition) is 6. The van der Waals surface area contributed by atoms with Crippen molar-refractivity contribution in [2.75, 3.05) is 12.5 Å². The quantitative estimate of drug-likeness (QED) is 0.794. The Labute approximate surface area is 166 Å². The van der Waals surface area contributed by atoms with E-state index < -0.39 is 0 Å². The molecule has 0 bridgehead atoms. The van der Waals surface area contributed by atoms with Gasteiger partial charge in [0.1, 0.15) is 0 Å². The SMILES string of the molecule is O=C(CC1CSc2nc3c(c(=O)n21)CCCC3)NCc1ccc2c(c1)OCO2. The standard InChI is InChI=1S/C20H21N3O4S/c24-18(21-9-12-5-6-16-17(7-12)27-11-26-16)8-13-10-28-20-22-15-4-2-1-3-14(15)19(25)23(13)20/h5-7,13H,1-4,8-11H2,(H,21,24). The maximum Gasteiger partial charge on any atom is 0.257 e. The van der Waals surface area contributed by atoms with Crippen LogP contribution in [0.5, 0.6) is 11.5 Å². The summed E-state index contributed by atoms with van der Waals surface area (Å²) in [5.74, 6) is 2.07. The topological polar surface area (TPSA) is 82.5 Å². The first-order valence-corrected chi connectivity index (χ1v) is 10.6. The zero-order chi connectivity index (χ0) is 19.1. The van der Waals surface area contributed by atoms with Gasteiger partial charge in [0.25, 0.3) is 5.56 Å². The van der Waals surface area contributed by atoms with Crippen LogP contribution in [0.25, 0.3) is 0 Å². The van der Waals surface area contributed by atoms with Crippen LogP contribution in [0.4, 0.5) is 0 Å². The van der Waals surface area contributed by atoms with Crippen molar-refractivity contribution >= 4 is 17.7 Å². The minimum absolute atomic E-state index is 0.0540. The number of nitrogens with zero attached hydrogens (tertiary/aromatic N) is 2. The average molecular weight is 399 g/mol. The Balaban J connectivity index is 1.26. The first-order valence-electron chi connectivity index (χ1n) is 9.61. The van der Waals surface area contributed by atoms with E-state index in [9.17, 15) is 9.59 Å². The largest absolute Gasteiger partial charge is 0.454 e. The summed E-state index contributed by atoms with van der Waals surface area (Å²) in [6.45, 7) is 0.649. The van der Waals surface area contributed by atoms with Gasteiger partial charge in [-0.25, -0.2) is 4.98 Å². The van der Waals surface area contributed by atoms with Crippen LogP contribution in [-0.2, 0) is 24.2 Å². The Morgan fingerprint density at radius 3 is 3.04 bits per heavy atom. The van der Waals surface area contributed by atoms with Crippen LogP contribution in [0.2, 0.25) is 0 Å². The van der Waals surface area contributed by atoms with Gasteiger partial charge in [-0.15, -0.1) is 0 Å². The second kappa shape index (κ2) is 7.16. The van der Waals surface area contributed by atoms with Crippen LogP contribution in [0.15, 0.2) is 28.2 Å². The van der Waals surface area contributed by atoms with E-state index >= 15 is 0 Å². The van der Waals surface area contributed by atoms with Crippen molar-refractivity contribution in [3.8, 4) is 11.5 Å². The normalized spacial score (nSPS) is 19.2. The zero-order valence-electron chi connectivity index (χ0n) is 15.4. The van der Waals surface area contributed by atoms with Gasteiger partial charge >= 0.3 is 0 Å². The molecule has 28 heavy (non-hydrogen) atoms. The van der Waals surface area contributed by atoms with Crippen LogP contribution in [0.3, 0.4) is 0 Å². The van der Waals surface area contributed by atoms with E-state index in [4.69, 9.17) is 14.5 Å². The lowest BCUT2D eigenvalue weighted by Gasteiger charge is -2.18. The number of aryl methyl sites for hydroxylation is 1. The van der Waals surface area contributed by atoms with Crippen LogP contribution in [0.1, 0.15) is 42.1 Å². The van der Waals surface area contributed by atoms with Crippen molar-refractivity contribution in [3.05, 3.63) is 45.4 Å². The zero-order valence-corrected chi connectivity index (χ0v) is 16.2. The molecule has 8 heteroatoms. The molecule has 3 heterocycles. The van der Waals surface area contributed by atoms with Gasteiger partial charge in [-0.2, -0.15) is 0 Å². The molecule has 3 aliphatic rings. The third-order valence-electron chi connectivity index (χ3n) is 5.47. The predicted octanol–water partition coefficient (Wildman–Crippen LogP) is 2.20. The number of ether oxygens (including phenoxy) is 2. The molecule has 0 saturated heterocycles. The summed E-state index contributed by atoms with van der Waals surface area (Å²) in [5.41, 5.74) is 2.82. The summed E-state index contributed by atoms with van der Waals surface area (Å²) in [5, 5.41) is 3.71. The van der Waals surface area contributed by atoms with E-state index in [1.165, 1.54) is 0 Å². The van der Waals surface area contributed by atoms with Gasteiger partial charge in [0, 0.05) is 24.3 Å². The first kappa shape index (κ1) is 17.6. The number of hydrogen-bond donors (Lipinski definition) is 1. The lowest BCUT2D eigenvalue weighted by molar-refractivity contribution is -0.121. The number of rotatable bonds is 4. The third kappa shape index (κ3) is 3.15. The molecule has 0 spiro atoms. The number of benzene rings is 1. The number of aromatic nitrogens is 2. The highest BCUT2D eigenvalue weighted by Gasteiger charge is 2.30. The second-order valence-corrected chi connectivity index (χ2v) is 8.32. The summed E-state index contributed by atoms with van der Waals surface area (Å²) < 4.78 is 12.4. The molecular formula is C20H21N3O4S. The van der Waals surface area contributed by atoms with Crippen molar-refractivity contribution in [1.29, 1.82) is 0 Å². The summed E-state index contributed by atoms with van der Waals surface area (Å²) in [4.78, 5) is 30.1. The minimum atomic E-state index is -0.135. The number of thioether (sulfide) groups is 1. The third-order valence-corrected chi connectivity index (χ3v) is 6.57. The summed E-state index contributed by atoms with van der Waals surface area (Å²) in [6, 6.07) is 5.50. The highest BCUT2D eigenvalue weighted by Crippen LogP contribution is 2.34. The van der Waals surface area contributed by atoms with E-state index in [1.807, 2.05) is 18.2 Å². The summed E-state index contributed by atoms with van der Waals surface area (Å²) in [6.07, 6.45) is 4.11. The molecule has 1 aromatic heterocycles. The Morgan fingerprint density at radius 2 is 2.11 bits per heavy atom. The summed E-state index contributed by atoms with van der Waals surface area (Å²) in [7, 11) is 0. The Hall–Kier alpha value is -2.48. The van der Waals surface area contributed by atoms with Crippen molar-refractivity contribution in [2.24, 2.45) is 0 Å². The molecule has 7 nitrogen and oxygen atoms in total. The number of carbonyl (C=O) groups is 1. The van der Waals surface area contributed by atoms with Gasteiger partial charge in [-0.05, 0) is 43.4 Å². The molecule has 1 N–H and O–H groups in total. The minimum Gasteiger partial charge on any atom is -0.454 e. The van der Waals surface area contributed by atoms with E-state index in [-0.39, 0.29) is 30.7 Å². The van der Waals surface area contributed by atoms with Gasteiger partial charge in [0.2, 0.25) is 12.7 Å². The molecule has 1 aliphatic carbocycles. The van der Waals surface area contributed by atoms with Gasteiger partial charge in [0.15, 0.2) is 16.7 Å². The molecule has 5 rings (SSSR count). The highest BCUT2D eigenvalue weighted by molar-refractivity contribution is 7.99. The predicted molar refractivity (Wildman–Crippen MR) is 104 cm³/mol. The van der Waals surface area contributed by atoms with Gasteiger partial charge in [-0.3, -0.25) is 14.2 Å². The molecule has 0 fully saturated rings. The van der Waals surface area contributed by atoms with Crippen molar-refractivity contribution in [3.63, 3.8) is 0 Å². The Morgan fingerprint density at radius 1 is 1.25 bits per heavy atom. The molecule has 0 saturated carbocycles. The molecule has 146 valence electrons. The van der Waals surface area contributed by atoms with E-state index in [1.54, 1.807) is 16.3 Å². The number of amides is 1. The number of fused-ring (bicyclic) bond motifs is 3. The molecule has 1 aromatic carbocycles. The van der Waals surface area contributed by atoms with Crippen molar-refractivity contribution < 1.29 is 14.3 Å². The lowest BCUT2D eigenvalue weighted by Crippen LogP contribution is -2.33. The molecule has 1 atom stereocenters. The van der Waals surface area contributed by atoms with E-state index in [0.29, 0.717) is 18.0 Å².